The topological polar surface area (TPSA) is 88.4 Å². The Balaban J connectivity index is 1.22. The number of anilines is 1. The largest absolute Gasteiger partial charge is 0.494 e. The van der Waals surface area contributed by atoms with Gasteiger partial charge in [-0.1, -0.05) is 19.1 Å². The Kier molecular flexibility index (Phi) is 7.65. The molecule has 1 amide bonds. The minimum atomic E-state index is 0.177. The number of ether oxygens (including phenoxy) is 1. The van der Waals surface area contributed by atoms with Gasteiger partial charge in [0.05, 0.1) is 24.7 Å². The maximum atomic E-state index is 13.2. The lowest BCUT2D eigenvalue weighted by atomic mass is 9.85. The monoisotopic (exact) mass is 491 g/mol. The summed E-state index contributed by atoms with van der Waals surface area (Å²) < 4.78 is 7.55. The van der Waals surface area contributed by atoms with Gasteiger partial charge in [-0.05, 0) is 56.8 Å². The summed E-state index contributed by atoms with van der Waals surface area (Å²) in [6.07, 6.45) is 7.67. The lowest BCUT2D eigenvalue weighted by Crippen LogP contribution is -2.51. The first-order chi connectivity index (χ1) is 17.7. The number of carbonyl (C=O) groups is 1. The highest BCUT2D eigenvalue weighted by Crippen LogP contribution is 2.28. The van der Waals surface area contributed by atoms with Gasteiger partial charge in [0.1, 0.15) is 17.9 Å². The Morgan fingerprint density at radius 3 is 2.64 bits per heavy atom. The number of hydrogen-bond acceptors (Lipinski definition) is 7. The van der Waals surface area contributed by atoms with Crippen molar-refractivity contribution in [3.63, 3.8) is 0 Å². The Hall–Kier alpha value is -3.20. The molecule has 5 rings (SSSR count). The van der Waals surface area contributed by atoms with Gasteiger partial charge < -0.3 is 19.9 Å². The minimum absolute atomic E-state index is 0.177. The van der Waals surface area contributed by atoms with Crippen molar-refractivity contribution in [2.45, 2.75) is 52.1 Å². The van der Waals surface area contributed by atoms with Gasteiger partial charge in [0, 0.05) is 38.1 Å². The van der Waals surface area contributed by atoms with Crippen molar-refractivity contribution in [1.82, 2.24) is 30.0 Å². The normalized spacial score (nSPS) is 20.6. The third-order valence-corrected chi connectivity index (χ3v) is 7.41. The van der Waals surface area contributed by atoms with Gasteiger partial charge >= 0.3 is 0 Å². The standard InChI is InChI=1S/C27H37N7O2/c1-3-28-22-10-8-21(9-11-22)27(35)33-14-12-32(13-15-33)25-24-17-31-34(26(24)30-19-29-25)18-20-6-5-7-23(16-20)36-4-2/h5-7,16-17,19,21-22,28H,3-4,8-15,18H2,1-2H3/t21-,22-. The van der Waals surface area contributed by atoms with E-state index in [-0.39, 0.29) is 5.92 Å². The van der Waals surface area contributed by atoms with Crippen molar-refractivity contribution in [3.8, 4) is 5.75 Å². The molecule has 2 aromatic heterocycles. The highest BCUT2D eigenvalue weighted by atomic mass is 16.5. The van der Waals surface area contributed by atoms with E-state index in [1.54, 1.807) is 6.33 Å². The molecule has 0 spiro atoms. The van der Waals surface area contributed by atoms with E-state index in [4.69, 9.17) is 4.74 Å². The predicted molar refractivity (Wildman–Crippen MR) is 140 cm³/mol. The molecule has 0 radical (unpaired) electrons. The van der Waals surface area contributed by atoms with Crippen molar-refractivity contribution in [1.29, 1.82) is 0 Å². The average Bonchev–Trinajstić information content (AvgIpc) is 3.32. The molecule has 0 atom stereocenters. The SMILES string of the molecule is CCN[C@H]1CC[C@H](C(=O)N2CCN(c3ncnc4c3cnn4Cc3cccc(OCC)c3)CC2)CC1. The summed E-state index contributed by atoms with van der Waals surface area (Å²) >= 11 is 0. The van der Waals surface area contributed by atoms with Crippen LogP contribution in [0.2, 0.25) is 0 Å². The van der Waals surface area contributed by atoms with Crippen LogP contribution < -0.4 is 15.0 Å². The van der Waals surface area contributed by atoms with Crippen LogP contribution in [0.3, 0.4) is 0 Å². The molecular formula is C27H37N7O2. The number of hydrogen-bond donors (Lipinski definition) is 1. The number of rotatable bonds is 8. The zero-order valence-electron chi connectivity index (χ0n) is 21.4. The van der Waals surface area contributed by atoms with Crippen LogP contribution in [0, 0.1) is 5.92 Å². The first-order valence-corrected chi connectivity index (χ1v) is 13.3. The van der Waals surface area contributed by atoms with Crippen LogP contribution in [0.4, 0.5) is 5.82 Å². The molecule has 1 aromatic carbocycles. The summed E-state index contributed by atoms with van der Waals surface area (Å²) in [5.74, 6) is 2.27. The fourth-order valence-electron chi connectivity index (χ4n) is 5.55. The van der Waals surface area contributed by atoms with E-state index in [2.05, 4.69) is 43.2 Å². The molecule has 0 unspecified atom stereocenters. The molecule has 1 aliphatic heterocycles. The first kappa shape index (κ1) is 24.5. The van der Waals surface area contributed by atoms with E-state index in [1.807, 2.05) is 36.0 Å². The average molecular weight is 492 g/mol. The number of benzene rings is 1. The number of fused-ring (bicyclic) bond motifs is 1. The number of amides is 1. The lowest BCUT2D eigenvalue weighted by Gasteiger charge is -2.38. The molecule has 3 heterocycles. The van der Waals surface area contributed by atoms with Crippen molar-refractivity contribution in [2.24, 2.45) is 5.92 Å². The molecular weight excluding hydrogens is 454 g/mol. The van der Waals surface area contributed by atoms with Gasteiger partial charge in [0.2, 0.25) is 5.91 Å². The molecule has 3 aromatic rings. The van der Waals surface area contributed by atoms with Crippen molar-refractivity contribution in [3.05, 3.63) is 42.4 Å². The number of nitrogens with one attached hydrogen (secondary N) is 1. The van der Waals surface area contributed by atoms with Crippen molar-refractivity contribution < 1.29 is 9.53 Å². The second kappa shape index (κ2) is 11.2. The molecule has 9 nitrogen and oxygen atoms in total. The van der Waals surface area contributed by atoms with Gasteiger partial charge in [-0.15, -0.1) is 0 Å². The van der Waals surface area contributed by atoms with E-state index in [1.165, 1.54) is 0 Å². The zero-order chi connectivity index (χ0) is 24.9. The number of carbonyl (C=O) groups excluding carboxylic acids is 1. The van der Waals surface area contributed by atoms with Crippen LogP contribution in [0.1, 0.15) is 45.1 Å². The summed E-state index contributed by atoms with van der Waals surface area (Å²) in [6, 6.07) is 8.66. The molecule has 1 aliphatic carbocycles. The van der Waals surface area contributed by atoms with E-state index in [0.29, 0.717) is 25.1 Å². The first-order valence-electron chi connectivity index (χ1n) is 13.3. The summed E-state index contributed by atoms with van der Waals surface area (Å²) in [7, 11) is 0. The summed E-state index contributed by atoms with van der Waals surface area (Å²) in [5, 5.41) is 9.10. The second-order valence-electron chi connectivity index (χ2n) is 9.74. The third-order valence-electron chi connectivity index (χ3n) is 7.41. The third kappa shape index (κ3) is 5.31. The lowest BCUT2D eigenvalue weighted by molar-refractivity contribution is -0.137. The van der Waals surface area contributed by atoms with Gasteiger partial charge in [0.15, 0.2) is 5.65 Å². The fourth-order valence-corrected chi connectivity index (χ4v) is 5.55. The van der Waals surface area contributed by atoms with Crippen molar-refractivity contribution >= 4 is 22.8 Å². The molecule has 36 heavy (non-hydrogen) atoms. The fraction of sp³-hybridized carbons (Fsp3) is 0.556. The number of piperazine rings is 1. The summed E-state index contributed by atoms with van der Waals surface area (Å²) in [6.45, 7) is 9.39. The van der Waals surface area contributed by atoms with Crippen LogP contribution in [-0.2, 0) is 11.3 Å². The minimum Gasteiger partial charge on any atom is -0.494 e. The van der Waals surface area contributed by atoms with E-state index in [9.17, 15) is 4.79 Å². The molecule has 2 fully saturated rings. The van der Waals surface area contributed by atoms with Crippen LogP contribution >= 0.6 is 0 Å². The molecule has 1 saturated heterocycles. The van der Waals surface area contributed by atoms with Gasteiger partial charge in [0.25, 0.3) is 0 Å². The van der Waals surface area contributed by atoms with E-state index < -0.39 is 0 Å². The van der Waals surface area contributed by atoms with Crippen LogP contribution in [0.5, 0.6) is 5.75 Å². The molecule has 2 aliphatic rings. The molecule has 9 heteroatoms. The zero-order valence-corrected chi connectivity index (χ0v) is 21.4. The molecule has 1 saturated carbocycles. The quantitative estimate of drug-likeness (QED) is 0.518. The maximum Gasteiger partial charge on any atom is 0.225 e. The second-order valence-corrected chi connectivity index (χ2v) is 9.74. The smallest absolute Gasteiger partial charge is 0.225 e. The summed E-state index contributed by atoms with van der Waals surface area (Å²) in [4.78, 5) is 26.6. The van der Waals surface area contributed by atoms with Crippen molar-refractivity contribution in [2.75, 3.05) is 44.2 Å². The number of aromatic nitrogens is 4. The van der Waals surface area contributed by atoms with Gasteiger partial charge in [-0.3, -0.25) is 4.79 Å². The van der Waals surface area contributed by atoms with E-state index >= 15 is 0 Å². The Morgan fingerprint density at radius 1 is 1.08 bits per heavy atom. The highest BCUT2D eigenvalue weighted by molar-refractivity contribution is 5.87. The predicted octanol–water partition coefficient (Wildman–Crippen LogP) is 3.09. The van der Waals surface area contributed by atoms with Gasteiger partial charge in [-0.2, -0.15) is 5.10 Å². The van der Waals surface area contributed by atoms with Gasteiger partial charge in [-0.25, -0.2) is 14.6 Å². The molecule has 1 N–H and O–H groups in total. The van der Waals surface area contributed by atoms with Crippen LogP contribution in [-0.4, -0.2) is 75.9 Å². The summed E-state index contributed by atoms with van der Waals surface area (Å²) in [5.41, 5.74) is 1.93. The molecule has 192 valence electrons. The Labute approximate surface area is 212 Å². The van der Waals surface area contributed by atoms with E-state index in [0.717, 1.165) is 86.6 Å². The van der Waals surface area contributed by atoms with Crippen LogP contribution in [0.15, 0.2) is 36.8 Å². The number of nitrogens with zero attached hydrogens (tertiary/aromatic N) is 6. The molecule has 0 bridgehead atoms. The van der Waals surface area contributed by atoms with Crippen LogP contribution in [0.25, 0.3) is 11.0 Å². The Bertz CT molecular complexity index is 1160. The Morgan fingerprint density at radius 2 is 1.89 bits per heavy atom. The highest BCUT2D eigenvalue weighted by Gasteiger charge is 2.31. The maximum absolute atomic E-state index is 13.2.